The number of hydrogen-bond acceptors (Lipinski definition) is 5. The van der Waals surface area contributed by atoms with E-state index < -0.39 is 11.2 Å². The van der Waals surface area contributed by atoms with Gasteiger partial charge in [0.2, 0.25) is 17.6 Å². The summed E-state index contributed by atoms with van der Waals surface area (Å²) in [5, 5.41) is 10.4. The van der Waals surface area contributed by atoms with Gasteiger partial charge in [-0.1, -0.05) is 18.5 Å². The van der Waals surface area contributed by atoms with E-state index in [1.807, 2.05) is 27.7 Å². The fourth-order valence-electron chi connectivity index (χ4n) is 3.36. The Labute approximate surface area is 189 Å². The summed E-state index contributed by atoms with van der Waals surface area (Å²) < 4.78 is 3.55. The number of carbonyl (C=O) groups excluding carboxylic acids is 2. The highest BCUT2D eigenvalue weighted by molar-refractivity contribution is 6.31. The molecule has 3 aromatic rings. The average Bonchev–Trinajstić information content (AvgIpc) is 3.03. The van der Waals surface area contributed by atoms with Crippen molar-refractivity contribution >= 4 is 40.1 Å². The number of halogens is 1. The molecule has 32 heavy (non-hydrogen) atoms. The molecule has 172 valence electrons. The van der Waals surface area contributed by atoms with Crippen molar-refractivity contribution in [2.24, 2.45) is 0 Å². The molecule has 10 nitrogen and oxygen atoms in total. The van der Waals surface area contributed by atoms with Crippen molar-refractivity contribution < 1.29 is 9.59 Å². The van der Waals surface area contributed by atoms with Crippen LogP contribution in [0.2, 0.25) is 5.02 Å². The minimum absolute atomic E-state index is 0.0128. The number of nitrogens with zero attached hydrogens (tertiary/aromatic N) is 4. The predicted molar refractivity (Wildman–Crippen MR) is 122 cm³/mol. The van der Waals surface area contributed by atoms with Crippen molar-refractivity contribution in [2.45, 2.75) is 65.7 Å². The molecular formula is C21H27ClN6O4. The first-order chi connectivity index (χ1) is 15.1. The Balaban J connectivity index is 2.13. The Morgan fingerprint density at radius 3 is 2.50 bits per heavy atom. The molecule has 2 amide bonds. The Bertz CT molecular complexity index is 1290. The molecule has 2 aromatic heterocycles. The van der Waals surface area contributed by atoms with Gasteiger partial charge < -0.3 is 10.6 Å². The molecule has 0 radical (unpaired) electrons. The Morgan fingerprint density at radius 1 is 1.12 bits per heavy atom. The number of carbonyl (C=O) groups is 2. The Kier molecular flexibility index (Phi) is 7.02. The zero-order valence-electron chi connectivity index (χ0n) is 18.5. The maximum absolute atomic E-state index is 13.2. The van der Waals surface area contributed by atoms with E-state index in [1.165, 1.54) is 15.0 Å². The quantitative estimate of drug-likeness (QED) is 0.522. The van der Waals surface area contributed by atoms with Crippen molar-refractivity contribution in [3.63, 3.8) is 0 Å². The minimum atomic E-state index is -0.563. The molecular weight excluding hydrogens is 436 g/mol. The molecule has 0 fully saturated rings. The number of aryl methyl sites for hydroxylation is 1. The number of rotatable bonds is 8. The first-order valence-corrected chi connectivity index (χ1v) is 10.9. The van der Waals surface area contributed by atoms with E-state index in [1.54, 1.807) is 12.1 Å². The van der Waals surface area contributed by atoms with E-state index in [4.69, 9.17) is 11.6 Å². The average molecular weight is 463 g/mol. The van der Waals surface area contributed by atoms with Crippen LogP contribution < -0.4 is 21.9 Å². The summed E-state index contributed by atoms with van der Waals surface area (Å²) in [4.78, 5) is 50.8. The van der Waals surface area contributed by atoms with E-state index >= 15 is 0 Å². The molecule has 1 atom stereocenters. The second-order valence-corrected chi connectivity index (χ2v) is 8.48. The van der Waals surface area contributed by atoms with Crippen molar-refractivity contribution in [3.05, 3.63) is 44.1 Å². The van der Waals surface area contributed by atoms with E-state index in [-0.39, 0.29) is 54.6 Å². The van der Waals surface area contributed by atoms with Crippen LogP contribution in [-0.4, -0.2) is 42.6 Å². The van der Waals surface area contributed by atoms with Crippen LogP contribution in [0.5, 0.6) is 0 Å². The summed E-state index contributed by atoms with van der Waals surface area (Å²) in [7, 11) is 0. The van der Waals surface area contributed by atoms with Gasteiger partial charge in [0.15, 0.2) is 0 Å². The molecule has 0 spiro atoms. The second kappa shape index (κ2) is 9.56. The number of aromatic nitrogens is 4. The molecule has 11 heteroatoms. The van der Waals surface area contributed by atoms with Crippen molar-refractivity contribution in [1.82, 2.24) is 29.4 Å². The Morgan fingerprint density at radius 2 is 1.84 bits per heavy atom. The zero-order chi connectivity index (χ0) is 23.6. The SMILES string of the molecule is CCC(C)NC(=O)Cn1nc2n(CCC(=O)NC(C)C)c(=O)c3cc(Cl)ccc3n2c1=O. The van der Waals surface area contributed by atoms with Crippen LogP contribution in [0.4, 0.5) is 0 Å². The topological polar surface area (TPSA) is 120 Å². The van der Waals surface area contributed by atoms with Gasteiger partial charge in [0, 0.05) is 30.1 Å². The Hall–Kier alpha value is -3.14. The molecule has 0 aliphatic heterocycles. The van der Waals surface area contributed by atoms with Gasteiger partial charge in [0.1, 0.15) is 6.54 Å². The second-order valence-electron chi connectivity index (χ2n) is 8.04. The van der Waals surface area contributed by atoms with Crippen LogP contribution in [-0.2, 0) is 22.7 Å². The summed E-state index contributed by atoms with van der Waals surface area (Å²) in [5.41, 5.74) is -0.656. The third-order valence-electron chi connectivity index (χ3n) is 5.06. The highest BCUT2D eigenvalue weighted by Gasteiger charge is 2.20. The molecule has 0 aliphatic carbocycles. The van der Waals surface area contributed by atoms with Crippen molar-refractivity contribution in [2.75, 3.05) is 0 Å². The smallest absolute Gasteiger partial charge is 0.352 e. The molecule has 3 rings (SSSR count). The number of nitrogens with one attached hydrogen (secondary N) is 2. The van der Waals surface area contributed by atoms with Gasteiger partial charge in [0.05, 0.1) is 10.9 Å². The van der Waals surface area contributed by atoms with Gasteiger partial charge in [-0.15, -0.1) is 5.10 Å². The lowest BCUT2D eigenvalue weighted by Crippen LogP contribution is -2.37. The third-order valence-corrected chi connectivity index (χ3v) is 5.30. The number of amides is 2. The first-order valence-electron chi connectivity index (χ1n) is 10.5. The van der Waals surface area contributed by atoms with Gasteiger partial charge in [-0.05, 0) is 45.4 Å². The van der Waals surface area contributed by atoms with Gasteiger partial charge in [0.25, 0.3) is 5.56 Å². The van der Waals surface area contributed by atoms with E-state index in [9.17, 15) is 19.2 Å². The van der Waals surface area contributed by atoms with Crippen LogP contribution >= 0.6 is 11.6 Å². The lowest BCUT2D eigenvalue weighted by Gasteiger charge is -2.11. The standard InChI is InChI=1S/C21H27ClN6O4/c1-5-13(4)24-18(30)11-27-21(32)28-16-7-6-14(22)10-15(16)19(31)26(20(28)25-27)9-8-17(29)23-12(2)3/h6-7,10,12-13H,5,8-9,11H2,1-4H3,(H,23,29)(H,24,30). The normalized spacial score (nSPS) is 12.4. The predicted octanol–water partition coefficient (Wildman–Crippen LogP) is 1.29. The molecule has 1 aromatic carbocycles. The van der Waals surface area contributed by atoms with Crippen LogP contribution in [0.1, 0.15) is 40.5 Å². The van der Waals surface area contributed by atoms with Gasteiger partial charge >= 0.3 is 5.69 Å². The number of hydrogen-bond donors (Lipinski definition) is 2. The molecule has 0 saturated heterocycles. The maximum atomic E-state index is 13.2. The van der Waals surface area contributed by atoms with Crippen molar-refractivity contribution in [3.8, 4) is 0 Å². The maximum Gasteiger partial charge on any atom is 0.352 e. The highest BCUT2D eigenvalue weighted by atomic mass is 35.5. The highest BCUT2D eigenvalue weighted by Crippen LogP contribution is 2.17. The summed E-state index contributed by atoms with van der Waals surface area (Å²) in [6.07, 6.45) is 0.768. The van der Waals surface area contributed by atoms with Crippen LogP contribution in [0.3, 0.4) is 0 Å². The molecule has 0 aliphatic rings. The van der Waals surface area contributed by atoms with Crippen LogP contribution in [0.15, 0.2) is 27.8 Å². The number of benzene rings is 1. The summed E-state index contributed by atoms with van der Waals surface area (Å²) in [6, 6.07) is 4.52. The van der Waals surface area contributed by atoms with E-state index in [2.05, 4.69) is 15.7 Å². The van der Waals surface area contributed by atoms with Crippen LogP contribution in [0.25, 0.3) is 16.7 Å². The molecule has 1 unspecified atom stereocenters. The fraction of sp³-hybridized carbons (Fsp3) is 0.476. The number of fused-ring (bicyclic) bond motifs is 3. The van der Waals surface area contributed by atoms with Gasteiger partial charge in [-0.2, -0.15) is 0 Å². The molecule has 2 heterocycles. The molecule has 0 bridgehead atoms. The summed E-state index contributed by atoms with van der Waals surface area (Å²) in [6.45, 7) is 7.20. The van der Waals surface area contributed by atoms with E-state index in [0.29, 0.717) is 10.5 Å². The molecule has 0 saturated carbocycles. The monoisotopic (exact) mass is 462 g/mol. The minimum Gasteiger partial charge on any atom is -0.354 e. The summed E-state index contributed by atoms with van der Waals surface area (Å²) in [5.74, 6) is -0.531. The van der Waals surface area contributed by atoms with E-state index in [0.717, 1.165) is 11.1 Å². The van der Waals surface area contributed by atoms with Crippen molar-refractivity contribution in [1.29, 1.82) is 0 Å². The van der Waals surface area contributed by atoms with Gasteiger partial charge in [-0.3, -0.25) is 19.0 Å². The van der Waals surface area contributed by atoms with Gasteiger partial charge in [-0.25, -0.2) is 13.9 Å². The fourth-order valence-corrected chi connectivity index (χ4v) is 3.54. The zero-order valence-corrected chi connectivity index (χ0v) is 19.3. The largest absolute Gasteiger partial charge is 0.354 e. The molecule has 2 N–H and O–H groups in total. The third kappa shape index (κ3) is 4.85. The lowest BCUT2D eigenvalue weighted by atomic mass is 10.2. The summed E-state index contributed by atoms with van der Waals surface area (Å²) >= 11 is 6.08. The van der Waals surface area contributed by atoms with Crippen LogP contribution in [0, 0.1) is 0 Å². The lowest BCUT2D eigenvalue weighted by molar-refractivity contribution is -0.123. The first kappa shape index (κ1) is 23.5.